The molecule has 222 valence electrons. The summed E-state index contributed by atoms with van der Waals surface area (Å²) in [4.78, 5) is 63.6. The van der Waals surface area contributed by atoms with Gasteiger partial charge in [0.1, 0.15) is 18.3 Å². The van der Waals surface area contributed by atoms with Crippen molar-refractivity contribution in [2.75, 3.05) is 12.4 Å². The molecule has 2 heterocycles. The normalized spacial score (nSPS) is 24.6. The minimum Gasteiger partial charge on any atom is -0.466 e. The number of anilines is 1. The third-order valence-corrected chi connectivity index (χ3v) is 8.69. The number of nitrogens with one attached hydrogen (secondary N) is 3. The topological polar surface area (TPSA) is 161 Å². The van der Waals surface area contributed by atoms with Gasteiger partial charge in [0.25, 0.3) is 11.5 Å². The predicted molar refractivity (Wildman–Crippen MR) is 152 cm³/mol. The number of hydrogen-bond donors (Lipinski definition) is 3. The van der Waals surface area contributed by atoms with Gasteiger partial charge in [-0.25, -0.2) is 4.79 Å². The molecule has 0 aliphatic heterocycles. The van der Waals surface area contributed by atoms with Crippen molar-refractivity contribution in [2.45, 2.75) is 63.6 Å². The molecule has 0 saturated heterocycles. The van der Waals surface area contributed by atoms with Gasteiger partial charge in [-0.2, -0.15) is 10.2 Å². The summed E-state index contributed by atoms with van der Waals surface area (Å²) in [5.74, 6) is 0.699. The van der Waals surface area contributed by atoms with Gasteiger partial charge in [0.15, 0.2) is 0 Å². The van der Waals surface area contributed by atoms with Crippen LogP contribution in [0.25, 0.3) is 0 Å². The van der Waals surface area contributed by atoms with Crippen molar-refractivity contribution in [3.8, 4) is 0 Å². The Hall–Kier alpha value is -4.35. The van der Waals surface area contributed by atoms with Crippen molar-refractivity contribution >= 4 is 29.4 Å². The molecule has 42 heavy (non-hydrogen) atoms. The molecule has 2 aromatic rings. The van der Waals surface area contributed by atoms with Crippen LogP contribution >= 0.6 is 0 Å². The molecule has 3 N–H and O–H groups in total. The van der Waals surface area contributed by atoms with Gasteiger partial charge in [-0.1, -0.05) is 6.08 Å². The minimum absolute atomic E-state index is 0.0140. The number of amides is 3. The largest absolute Gasteiger partial charge is 0.466 e. The third-order valence-electron chi connectivity index (χ3n) is 8.69. The van der Waals surface area contributed by atoms with E-state index in [2.05, 4.69) is 30.9 Å². The lowest BCUT2D eigenvalue weighted by Crippen LogP contribution is -2.56. The Bertz CT molecular complexity index is 1380. The highest BCUT2D eigenvalue weighted by molar-refractivity contribution is 6.01. The van der Waals surface area contributed by atoms with E-state index in [0.717, 1.165) is 11.8 Å². The molecule has 1 atom stereocenters. The lowest BCUT2D eigenvalue weighted by atomic mass is 9.54. The molecule has 0 spiro atoms. The van der Waals surface area contributed by atoms with Crippen LogP contribution in [0.1, 0.15) is 55.3 Å². The summed E-state index contributed by atoms with van der Waals surface area (Å²) in [7, 11) is 1.26. The maximum atomic E-state index is 13.3. The number of pyridine rings is 1. The molecule has 4 fully saturated rings. The van der Waals surface area contributed by atoms with Gasteiger partial charge < -0.3 is 25.3 Å². The van der Waals surface area contributed by atoms with Crippen LogP contribution in [0.2, 0.25) is 0 Å². The van der Waals surface area contributed by atoms with E-state index in [1.807, 2.05) is 0 Å². The van der Waals surface area contributed by atoms with Gasteiger partial charge in [0, 0.05) is 18.3 Å². The number of aromatic nitrogens is 3. The van der Waals surface area contributed by atoms with E-state index >= 15 is 0 Å². The molecular formula is C30H36N6O6. The maximum absolute atomic E-state index is 13.3. The molecule has 4 aliphatic carbocycles. The molecule has 12 heteroatoms. The van der Waals surface area contributed by atoms with Gasteiger partial charge in [0.05, 0.1) is 25.1 Å². The molecule has 0 unspecified atom stereocenters. The Morgan fingerprint density at radius 3 is 2.48 bits per heavy atom. The Labute approximate surface area is 243 Å². The van der Waals surface area contributed by atoms with Gasteiger partial charge in [-0.3, -0.25) is 19.2 Å². The van der Waals surface area contributed by atoms with Crippen LogP contribution in [0.4, 0.5) is 5.69 Å². The van der Waals surface area contributed by atoms with Crippen LogP contribution in [0.3, 0.4) is 0 Å². The van der Waals surface area contributed by atoms with Gasteiger partial charge >= 0.3 is 5.97 Å². The molecule has 3 amide bonds. The van der Waals surface area contributed by atoms with E-state index in [0.29, 0.717) is 11.8 Å². The monoisotopic (exact) mass is 576 g/mol. The average molecular weight is 577 g/mol. The summed E-state index contributed by atoms with van der Waals surface area (Å²) in [5, 5.41) is 15.8. The lowest BCUT2D eigenvalue weighted by molar-refractivity contribution is -0.134. The van der Waals surface area contributed by atoms with Crippen LogP contribution in [0.15, 0.2) is 53.7 Å². The second-order valence-electron chi connectivity index (χ2n) is 11.5. The molecule has 4 bridgehead atoms. The summed E-state index contributed by atoms with van der Waals surface area (Å²) < 4.78 is 5.85. The second kappa shape index (κ2) is 13.1. The molecule has 2 aromatic heterocycles. The van der Waals surface area contributed by atoms with Crippen molar-refractivity contribution in [1.82, 2.24) is 25.4 Å². The van der Waals surface area contributed by atoms with E-state index in [9.17, 15) is 24.0 Å². The van der Waals surface area contributed by atoms with E-state index in [1.54, 1.807) is 6.07 Å². The van der Waals surface area contributed by atoms with Crippen LogP contribution < -0.4 is 21.5 Å². The quantitative estimate of drug-likeness (QED) is 0.270. The summed E-state index contributed by atoms with van der Waals surface area (Å²) >= 11 is 0. The molecule has 4 saturated carbocycles. The van der Waals surface area contributed by atoms with Gasteiger partial charge in [0.2, 0.25) is 11.8 Å². The number of rotatable bonds is 11. The number of esters is 1. The first-order valence-corrected chi connectivity index (χ1v) is 14.4. The van der Waals surface area contributed by atoms with Crippen LogP contribution in [-0.2, 0) is 25.7 Å². The summed E-state index contributed by atoms with van der Waals surface area (Å²) in [6, 6.07) is 3.62. The Kier molecular flexibility index (Phi) is 9.09. The summed E-state index contributed by atoms with van der Waals surface area (Å²) in [6.07, 6.45) is 13.3. The van der Waals surface area contributed by atoms with E-state index in [1.165, 1.54) is 86.7 Å². The number of hydrogen-bond acceptors (Lipinski definition) is 8. The number of nitrogens with zero attached hydrogens (tertiary/aromatic N) is 3. The first kappa shape index (κ1) is 29.2. The smallest absolute Gasteiger partial charge is 0.330 e. The van der Waals surface area contributed by atoms with Crippen molar-refractivity contribution < 1.29 is 23.9 Å². The average Bonchev–Trinajstić information content (AvgIpc) is 2.98. The summed E-state index contributed by atoms with van der Waals surface area (Å²) in [6.45, 7) is -0.154. The Morgan fingerprint density at radius 1 is 1.07 bits per heavy atom. The van der Waals surface area contributed by atoms with Crippen molar-refractivity contribution in [1.29, 1.82) is 0 Å². The van der Waals surface area contributed by atoms with E-state index < -0.39 is 29.4 Å². The molecule has 4 aliphatic rings. The highest BCUT2D eigenvalue weighted by Gasteiger charge is 2.48. The maximum Gasteiger partial charge on any atom is 0.330 e. The van der Waals surface area contributed by atoms with Crippen molar-refractivity contribution in [3.05, 3.63) is 64.9 Å². The number of methoxy groups -OCH3 is 1. The van der Waals surface area contributed by atoms with E-state index in [4.69, 9.17) is 0 Å². The fraction of sp³-hybridized carbons (Fsp3) is 0.500. The van der Waals surface area contributed by atoms with Crippen LogP contribution in [-0.4, -0.2) is 57.6 Å². The molecule has 0 aromatic carbocycles. The molecule has 0 radical (unpaired) electrons. The Balaban J connectivity index is 1.23. The van der Waals surface area contributed by atoms with Crippen molar-refractivity contribution in [3.63, 3.8) is 0 Å². The molecule has 12 nitrogen and oxygen atoms in total. The van der Waals surface area contributed by atoms with Crippen LogP contribution in [0, 0.1) is 23.7 Å². The first-order chi connectivity index (χ1) is 20.3. The highest BCUT2D eigenvalue weighted by Crippen LogP contribution is 2.53. The number of allylic oxidation sites excluding steroid dienone is 1. The predicted octanol–water partition coefficient (Wildman–Crippen LogP) is 1.83. The summed E-state index contributed by atoms with van der Waals surface area (Å²) in [5.41, 5.74) is -0.333. The molecular weight excluding hydrogens is 540 g/mol. The zero-order chi connectivity index (χ0) is 29.6. The number of carbonyl (C=O) groups is 4. The fourth-order valence-corrected chi connectivity index (χ4v) is 6.97. The van der Waals surface area contributed by atoms with Gasteiger partial charge in [-0.05, 0) is 86.8 Å². The van der Waals surface area contributed by atoms with Gasteiger partial charge in [-0.15, -0.1) is 0 Å². The minimum atomic E-state index is -1.04. The van der Waals surface area contributed by atoms with Crippen molar-refractivity contribution in [2.24, 2.45) is 23.7 Å². The SMILES string of the molecule is COC(=O)/C=C/CC[C@H](NC(=O)c1ccnnc1)C(=O)Nc1cccn(CC(=O)NC2C3CC4CC(C3)CC2C4)c1=O. The second-order valence-corrected chi connectivity index (χ2v) is 11.5. The lowest BCUT2D eigenvalue weighted by Gasteiger charge is -2.54. The Morgan fingerprint density at radius 2 is 1.81 bits per heavy atom. The zero-order valence-electron chi connectivity index (χ0n) is 23.5. The highest BCUT2D eigenvalue weighted by atomic mass is 16.5. The van der Waals surface area contributed by atoms with E-state index in [-0.39, 0.29) is 42.6 Å². The zero-order valence-corrected chi connectivity index (χ0v) is 23.5. The third kappa shape index (κ3) is 6.92. The number of ether oxygens (including phenoxy) is 1. The molecule has 6 rings (SSSR count). The van der Waals surface area contributed by atoms with Crippen LogP contribution in [0.5, 0.6) is 0 Å². The first-order valence-electron chi connectivity index (χ1n) is 14.4. The fourth-order valence-electron chi connectivity index (χ4n) is 6.97. The number of carbonyl (C=O) groups excluding carboxylic acids is 4. The standard InChI is InChI=1S/C30H36N6O6/c1-42-26(38)7-3-2-5-23(33-28(39)20-8-9-31-32-16-20)29(40)34-24-6-4-10-36(30(24)41)17-25(37)35-27-21-12-18-11-19(14-21)15-22(27)13-18/h3-4,6-10,16,18-19,21-23,27H,2,5,11-15,17H2,1H3,(H,33,39)(H,34,40)(H,35,37)/b7-3+/t18?,19?,21?,22?,23-,27?/m0/s1.